The summed E-state index contributed by atoms with van der Waals surface area (Å²) in [7, 11) is 0. The van der Waals surface area contributed by atoms with Crippen molar-refractivity contribution in [3.8, 4) is 0 Å². The molecule has 0 amide bonds. The maximum Gasteiger partial charge on any atom is 0.191 e. The molecule has 212 valence electrons. The van der Waals surface area contributed by atoms with Gasteiger partial charge in [-0.05, 0) is 37.0 Å². The lowest BCUT2D eigenvalue weighted by Gasteiger charge is -2.17. The molecule has 2 fully saturated rings. The lowest BCUT2D eigenvalue weighted by atomic mass is 10.1. The number of ether oxygens (including phenoxy) is 1. The van der Waals surface area contributed by atoms with E-state index in [0.717, 1.165) is 18.2 Å². The molecule has 39 heavy (non-hydrogen) atoms. The van der Waals surface area contributed by atoms with Crippen molar-refractivity contribution < 1.29 is 33.9 Å². The van der Waals surface area contributed by atoms with Gasteiger partial charge in [0.25, 0.3) is 0 Å². The number of aliphatic hydroxyl groups excluding tert-OH is 4. The maximum atomic E-state index is 13.8. The summed E-state index contributed by atoms with van der Waals surface area (Å²) in [5.41, 5.74) is 1.51. The van der Waals surface area contributed by atoms with Crippen LogP contribution >= 0.6 is 11.8 Å². The number of hydrogen-bond donors (Lipinski definition) is 5. The average Bonchev–Trinajstić information content (AvgIpc) is 3.47. The second kappa shape index (κ2) is 11.9. The van der Waals surface area contributed by atoms with E-state index in [1.54, 1.807) is 6.07 Å². The van der Waals surface area contributed by atoms with Gasteiger partial charge in [-0.1, -0.05) is 30.0 Å². The molecule has 0 aliphatic heterocycles. The van der Waals surface area contributed by atoms with Crippen LogP contribution < -0.4 is 5.32 Å². The van der Waals surface area contributed by atoms with Gasteiger partial charge in [0, 0.05) is 23.6 Å². The predicted molar refractivity (Wildman–Crippen MR) is 138 cm³/mol. The van der Waals surface area contributed by atoms with Gasteiger partial charge in [0.2, 0.25) is 0 Å². The lowest BCUT2D eigenvalue weighted by Crippen LogP contribution is -2.32. The lowest BCUT2D eigenvalue weighted by molar-refractivity contribution is -0.0378. The molecule has 2 aromatic heterocycles. The number of halogens is 2. The highest BCUT2D eigenvalue weighted by Crippen LogP contribution is 2.44. The molecule has 0 saturated heterocycles. The van der Waals surface area contributed by atoms with Crippen molar-refractivity contribution >= 4 is 28.7 Å². The zero-order valence-electron chi connectivity index (χ0n) is 21.3. The third-order valence-corrected chi connectivity index (χ3v) is 8.21. The summed E-state index contributed by atoms with van der Waals surface area (Å²) in [5, 5.41) is 52.4. The fourth-order valence-electron chi connectivity index (χ4n) is 4.95. The SMILES string of the molecule is CCCSc1nc(N[C@@H]2C[C@H]2c2ccc(F)c(F)c2)c2nnn([C@@H]3C[C@H](COCC(O)CO)[C@@H](O)[C@H]3O)c2n1. The van der Waals surface area contributed by atoms with E-state index in [2.05, 4.69) is 25.6 Å². The molecule has 1 unspecified atom stereocenters. The summed E-state index contributed by atoms with van der Waals surface area (Å²) in [4.78, 5) is 9.31. The normalized spacial score (nSPS) is 27.3. The van der Waals surface area contributed by atoms with Gasteiger partial charge in [-0.2, -0.15) is 0 Å². The molecule has 0 radical (unpaired) electrons. The first-order chi connectivity index (χ1) is 18.8. The molecule has 5 N–H and O–H groups in total. The van der Waals surface area contributed by atoms with E-state index in [1.807, 2.05) is 6.92 Å². The monoisotopic (exact) mass is 566 g/mol. The summed E-state index contributed by atoms with van der Waals surface area (Å²) in [6, 6.07) is 3.24. The Labute approximate surface area is 227 Å². The Morgan fingerprint density at radius 3 is 2.74 bits per heavy atom. The van der Waals surface area contributed by atoms with Crippen molar-refractivity contribution in [2.45, 2.75) is 67.7 Å². The van der Waals surface area contributed by atoms with Crippen molar-refractivity contribution in [1.29, 1.82) is 0 Å². The van der Waals surface area contributed by atoms with Gasteiger partial charge in [0.15, 0.2) is 33.8 Å². The predicted octanol–water partition coefficient (Wildman–Crippen LogP) is 1.62. The van der Waals surface area contributed by atoms with Crippen LogP contribution in [-0.2, 0) is 4.74 Å². The number of thioether (sulfide) groups is 1. The van der Waals surface area contributed by atoms with E-state index >= 15 is 0 Å². The Morgan fingerprint density at radius 2 is 2.00 bits per heavy atom. The molecule has 2 heterocycles. The minimum atomic E-state index is -1.15. The molecule has 1 aromatic carbocycles. The van der Waals surface area contributed by atoms with Crippen molar-refractivity contribution in [3.63, 3.8) is 0 Å². The first-order valence-electron chi connectivity index (χ1n) is 13.0. The minimum absolute atomic E-state index is 0.0104. The van der Waals surface area contributed by atoms with Crippen molar-refractivity contribution in [2.24, 2.45) is 5.92 Å². The molecule has 2 saturated carbocycles. The molecule has 3 aromatic rings. The third-order valence-electron chi connectivity index (χ3n) is 7.16. The van der Waals surface area contributed by atoms with Crippen LogP contribution in [0.25, 0.3) is 11.2 Å². The van der Waals surface area contributed by atoms with E-state index in [9.17, 15) is 24.1 Å². The van der Waals surface area contributed by atoms with E-state index < -0.39 is 48.5 Å². The van der Waals surface area contributed by atoms with Crippen molar-refractivity contribution in [3.05, 3.63) is 35.4 Å². The summed E-state index contributed by atoms with van der Waals surface area (Å²) >= 11 is 1.47. The van der Waals surface area contributed by atoms with Crippen LogP contribution in [0.1, 0.15) is 43.7 Å². The van der Waals surface area contributed by atoms with Gasteiger partial charge in [-0.15, -0.1) is 5.10 Å². The number of benzene rings is 1. The highest BCUT2D eigenvalue weighted by molar-refractivity contribution is 7.99. The Balaban J connectivity index is 1.37. The fourth-order valence-corrected chi connectivity index (χ4v) is 5.64. The number of nitrogens with one attached hydrogen (secondary N) is 1. The second-order valence-corrected chi connectivity index (χ2v) is 11.2. The first kappa shape index (κ1) is 28.1. The number of aromatic nitrogens is 5. The summed E-state index contributed by atoms with van der Waals surface area (Å²) in [6.07, 6.45) is -1.29. The quantitative estimate of drug-likeness (QED) is 0.160. The molecule has 0 bridgehead atoms. The number of rotatable bonds is 12. The van der Waals surface area contributed by atoms with Gasteiger partial charge >= 0.3 is 0 Å². The van der Waals surface area contributed by atoms with Crippen LogP contribution in [0.4, 0.5) is 14.6 Å². The van der Waals surface area contributed by atoms with Crippen LogP contribution in [0.15, 0.2) is 23.4 Å². The van der Waals surface area contributed by atoms with Crippen LogP contribution in [0, 0.1) is 17.6 Å². The van der Waals surface area contributed by atoms with Crippen LogP contribution in [0.2, 0.25) is 0 Å². The summed E-state index contributed by atoms with van der Waals surface area (Å²) in [6.45, 7) is 1.62. The topological polar surface area (TPSA) is 159 Å². The zero-order chi connectivity index (χ0) is 27.7. The van der Waals surface area contributed by atoms with E-state index in [0.29, 0.717) is 40.5 Å². The van der Waals surface area contributed by atoms with Gasteiger partial charge in [0.1, 0.15) is 12.2 Å². The van der Waals surface area contributed by atoms with Crippen molar-refractivity contribution in [1.82, 2.24) is 25.0 Å². The molecule has 14 heteroatoms. The summed E-state index contributed by atoms with van der Waals surface area (Å²) < 4.78 is 34.1. The molecule has 11 nitrogen and oxygen atoms in total. The van der Waals surface area contributed by atoms with E-state index in [4.69, 9.17) is 9.84 Å². The Bertz CT molecular complexity index is 1300. The van der Waals surface area contributed by atoms with Gasteiger partial charge in [-0.3, -0.25) is 0 Å². The number of hydrogen-bond acceptors (Lipinski definition) is 11. The zero-order valence-corrected chi connectivity index (χ0v) is 22.1. The Kier molecular flexibility index (Phi) is 8.59. The molecule has 0 spiro atoms. The standard InChI is InChI=1S/C25H32F2N6O5S/c1-2-5-39-25-29-23(28-18-8-15(18)12-3-4-16(26)17(27)6-12)20-24(30-25)33(32-31-20)19-7-13(21(36)22(19)37)10-38-11-14(35)9-34/h3-4,6,13-15,18-19,21-22,34-37H,2,5,7-11H2,1H3,(H,28,29,30)/t13-,14?,15+,18-,19-,21-,22+/m1/s1. The van der Waals surface area contributed by atoms with Crippen molar-refractivity contribution in [2.75, 3.05) is 30.9 Å². The van der Waals surface area contributed by atoms with Gasteiger partial charge in [-0.25, -0.2) is 23.4 Å². The fraction of sp³-hybridized carbons (Fsp3) is 0.600. The second-order valence-electron chi connectivity index (χ2n) is 10.1. The maximum absolute atomic E-state index is 13.8. The molecule has 7 atom stereocenters. The van der Waals surface area contributed by atoms with Crippen LogP contribution in [0.5, 0.6) is 0 Å². The largest absolute Gasteiger partial charge is 0.394 e. The number of anilines is 1. The third kappa shape index (κ3) is 6.00. The van der Waals surface area contributed by atoms with Gasteiger partial charge in [0.05, 0.1) is 32.0 Å². The number of nitrogens with zero attached hydrogens (tertiary/aromatic N) is 5. The van der Waals surface area contributed by atoms with Crippen LogP contribution in [0.3, 0.4) is 0 Å². The van der Waals surface area contributed by atoms with E-state index in [1.165, 1.54) is 22.5 Å². The molecular weight excluding hydrogens is 534 g/mol. The first-order valence-corrected chi connectivity index (χ1v) is 14.0. The highest BCUT2D eigenvalue weighted by Gasteiger charge is 2.44. The minimum Gasteiger partial charge on any atom is -0.394 e. The van der Waals surface area contributed by atoms with Gasteiger partial charge < -0.3 is 30.5 Å². The molecule has 2 aliphatic rings. The molecule has 5 rings (SSSR count). The molecule has 2 aliphatic carbocycles. The number of fused-ring (bicyclic) bond motifs is 1. The van der Waals surface area contributed by atoms with E-state index in [-0.39, 0.29) is 25.2 Å². The van der Waals surface area contributed by atoms with Crippen LogP contribution in [-0.4, -0.2) is 95.3 Å². The number of aliphatic hydroxyl groups is 4. The summed E-state index contributed by atoms with van der Waals surface area (Å²) in [5.74, 6) is -0.945. The smallest absolute Gasteiger partial charge is 0.191 e. The molecular formula is C25H32F2N6O5S. The Hall–Kier alpha value is -2.49. The highest BCUT2D eigenvalue weighted by atomic mass is 32.2. The Morgan fingerprint density at radius 1 is 1.18 bits per heavy atom. The average molecular weight is 567 g/mol.